The summed E-state index contributed by atoms with van der Waals surface area (Å²) < 4.78 is 0. The lowest BCUT2D eigenvalue weighted by molar-refractivity contribution is -0.138. The van der Waals surface area contributed by atoms with Crippen LogP contribution in [0.4, 0.5) is 4.79 Å². The monoisotopic (exact) mass is 285 g/mol. The number of hydrogen-bond acceptors (Lipinski definition) is 3. The Hall–Kier alpha value is -1.79. The normalized spacial score (nSPS) is 18.1. The zero-order valence-electron chi connectivity index (χ0n) is 12.0. The van der Waals surface area contributed by atoms with Gasteiger partial charge in [-0.15, -0.1) is 0 Å². The van der Waals surface area contributed by atoms with Crippen molar-refractivity contribution in [3.8, 4) is 0 Å². The van der Waals surface area contributed by atoms with Crippen LogP contribution in [-0.4, -0.2) is 41.1 Å². The molecule has 0 spiro atoms. The fourth-order valence-electron chi connectivity index (χ4n) is 2.55. The third-order valence-electron chi connectivity index (χ3n) is 3.52. The third-order valence-corrected chi connectivity index (χ3v) is 3.52. The zero-order chi connectivity index (χ0) is 15.2. The van der Waals surface area contributed by atoms with Gasteiger partial charge >= 0.3 is 12.0 Å². The first-order chi connectivity index (χ1) is 9.38. The fraction of sp³-hybridized carbons (Fsp3) is 0.769. The molecule has 1 fully saturated rings. The van der Waals surface area contributed by atoms with Gasteiger partial charge in [-0.25, -0.2) is 4.79 Å². The van der Waals surface area contributed by atoms with Gasteiger partial charge in [0.05, 0.1) is 12.0 Å². The van der Waals surface area contributed by atoms with Gasteiger partial charge in [-0.1, -0.05) is 12.8 Å². The van der Waals surface area contributed by atoms with Crippen LogP contribution in [0.3, 0.4) is 0 Å². The van der Waals surface area contributed by atoms with Crippen molar-refractivity contribution in [1.29, 1.82) is 0 Å². The van der Waals surface area contributed by atoms with Crippen LogP contribution in [0.5, 0.6) is 0 Å². The molecule has 114 valence electrons. The number of likely N-dealkylation sites (N-methyl/N-ethyl adjacent to an activating group) is 1. The van der Waals surface area contributed by atoms with Gasteiger partial charge in [-0.05, 0) is 26.7 Å². The zero-order valence-corrected chi connectivity index (χ0v) is 12.0. The number of aliphatic carboxylic acids is 1. The van der Waals surface area contributed by atoms with Gasteiger partial charge in [0.25, 0.3) is 0 Å². The first-order valence-corrected chi connectivity index (χ1v) is 6.97. The quantitative estimate of drug-likeness (QED) is 0.573. The molecule has 0 aromatic carbocycles. The Balaban J connectivity index is 2.54. The largest absolute Gasteiger partial charge is 0.481 e. The number of amides is 3. The number of carbonyl (C=O) groups excluding carboxylic acids is 2. The number of urea groups is 1. The van der Waals surface area contributed by atoms with E-state index in [-0.39, 0.29) is 12.3 Å². The highest BCUT2D eigenvalue weighted by molar-refractivity contribution is 5.87. The minimum atomic E-state index is -0.927. The topological polar surface area (TPSA) is 108 Å². The molecule has 0 aromatic heterocycles. The number of carboxylic acid groups (broad SMARTS) is 1. The van der Waals surface area contributed by atoms with E-state index in [0.717, 1.165) is 12.8 Å². The summed E-state index contributed by atoms with van der Waals surface area (Å²) in [5.74, 6) is -1.19. The SMILES string of the molecule is CCNC(=O)C(C)NC(=O)NC1(CC(=O)O)CCCC1. The molecule has 0 heterocycles. The van der Waals surface area contributed by atoms with E-state index in [2.05, 4.69) is 16.0 Å². The maximum atomic E-state index is 11.9. The van der Waals surface area contributed by atoms with Crippen LogP contribution in [0.2, 0.25) is 0 Å². The van der Waals surface area contributed by atoms with Crippen molar-refractivity contribution in [3.63, 3.8) is 0 Å². The molecule has 1 atom stereocenters. The van der Waals surface area contributed by atoms with Crippen LogP contribution in [-0.2, 0) is 9.59 Å². The summed E-state index contributed by atoms with van der Waals surface area (Å²) in [5, 5.41) is 16.8. The number of carboxylic acids is 1. The summed E-state index contributed by atoms with van der Waals surface area (Å²) in [4.78, 5) is 34.4. The van der Waals surface area contributed by atoms with Gasteiger partial charge in [0.2, 0.25) is 5.91 Å². The van der Waals surface area contributed by atoms with Gasteiger partial charge < -0.3 is 21.1 Å². The number of rotatable bonds is 6. The highest BCUT2D eigenvalue weighted by atomic mass is 16.4. The summed E-state index contributed by atoms with van der Waals surface area (Å²) >= 11 is 0. The van der Waals surface area contributed by atoms with Gasteiger partial charge in [0.1, 0.15) is 6.04 Å². The Bertz CT molecular complexity index is 378. The predicted molar refractivity (Wildman–Crippen MR) is 73.3 cm³/mol. The lowest BCUT2D eigenvalue weighted by Crippen LogP contribution is -2.55. The van der Waals surface area contributed by atoms with Crippen LogP contribution >= 0.6 is 0 Å². The second kappa shape index (κ2) is 7.12. The average Bonchev–Trinajstić information content (AvgIpc) is 2.76. The first-order valence-electron chi connectivity index (χ1n) is 6.97. The number of hydrogen-bond donors (Lipinski definition) is 4. The van der Waals surface area contributed by atoms with Crippen molar-refractivity contribution >= 4 is 17.9 Å². The number of carbonyl (C=O) groups is 3. The smallest absolute Gasteiger partial charge is 0.315 e. The summed E-state index contributed by atoms with van der Waals surface area (Å²) in [5.41, 5.74) is -0.684. The Kier molecular flexibility index (Phi) is 5.79. The molecule has 1 unspecified atom stereocenters. The highest BCUT2D eigenvalue weighted by Gasteiger charge is 2.37. The van der Waals surface area contributed by atoms with E-state index in [1.165, 1.54) is 0 Å². The molecule has 0 bridgehead atoms. The van der Waals surface area contributed by atoms with Gasteiger partial charge in [-0.2, -0.15) is 0 Å². The number of nitrogens with one attached hydrogen (secondary N) is 3. The standard InChI is InChI=1S/C13H23N3O4/c1-3-14-11(19)9(2)15-12(20)16-13(8-10(17)18)6-4-5-7-13/h9H,3-8H2,1-2H3,(H,14,19)(H,17,18)(H2,15,16,20). The Labute approximate surface area is 118 Å². The lowest BCUT2D eigenvalue weighted by Gasteiger charge is -2.29. The van der Waals surface area contributed by atoms with Crippen molar-refractivity contribution in [2.45, 2.75) is 57.5 Å². The summed E-state index contributed by atoms with van der Waals surface area (Å²) in [6.45, 7) is 3.88. The van der Waals surface area contributed by atoms with Gasteiger partial charge in [0, 0.05) is 6.54 Å². The van der Waals surface area contributed by atoms with Crippen LogP contribution < -0.4 is 16.0 Å². The first kappa shape index (κ1) is 16.3. The molecule has 7 heteroatoms. The van der Waals surface area contributed by atoms with Crippen molar-refractivity contribution in [2.75, 3.05) is 6.54 Å². The van der Waals surface area contributed by atoms with Crippen molar-refractivity contribution < 1.29 is 19.5 Å². The van der Waals surface area contributed by atoms with Crippen molar-refractivity contribution in [2.24, 2.45) is 0 Å². The van der Waals surface area contributed by atoms with Crippen molar-refractivity contribution in [3.05, 3.63) is 0 Å². The summed E-state index contributed by atoms with van der Waals surface area (Å²) in [6.07, 6.45) is 3.03. The second-order valence-electron chi connectivity index (χ2n) is 5.27. The molecule has 20 heavy (non-hydrogen) atoms. The Morgan fingerprint density at radius 1 is 1.25 bits per heavy atom. The van der Waals surface area contributed by atoms with E-state index in [4.69, 9.17) is 5.11 Å². The highest BCUT2D eigenvalue weighted by Crippen LogP contribution is 2.32. The molecule has 1 aliphatic carbocycles. The predicted octanol–water partition coefficient (Wildman–Crippen LogP) is 0.598. The van der Waals surface area contributed by atoms with E-state index in [1.54, 1.807) is 13.8 Å². The molecule has 1 aliphatic rings. The Morgan fingerprint density at radius 2 is 1.85 bits per heavy atom. The molecule has 0 aromatic rings. The van der Waals surface area contributed by atoms with Crippen LogP contribution in [0.15, 0.2) is 0 Å². The second-order valence-corrected chi connectivity index (χ2v) is 5.27. The summed E-state index contributed by atoms with van der Waals surface area (Å²) in [6, 6.07) is -1.15. The fourth-order valence-corrected chi connectivity index (χ4v) is 2.55. The van der Waals surface area contributed by atoms with E-state index in [0.29, 0.717) is 19.4 Å². The molecular weight excluding hydrogens is 262 g/mol. The third kappa shape index (κ3) is 4.71. The van der Waals surface area contributed by atoms with E-state index in [1.807, 2.05) is 0 Å². The molecule has 7 nitrogen and oxygen atoms in total. The summed E-state index contributed by atoms with van der Waals surface area (Å²) in [7, 11) is 0. The van der Waals surface area contributed by atoms with Gasteiger partial charge in [-0.3, -0.25) is 9.59 Å². The van der Waals surface area contributed by atoms with Gasteiger partial charge in [0.15, 0.2) is 0 Å². The molecule has 3 amide bonds. The van der Waals surface area contributed by atoms with Crippen LogP contribution in [0.1, 0.15) is 46.0 Å². The maximum absolute atomic E-state index is 11.9. The molecule has 0 radical (unpaired) electrons. The van der Waals surface area contributed by atoms with Crippen LogP contribution in [0.25, 0.3) is 0 Å². The minimum Gasteiger partial charge on any atom is -0.481 e. The molecule has 4 N–H and O–H groups in total. The maximum Gasteiger partial charge on any atom is 0.315 e. The molecule has 1 rings (SSSR count). The van der Waals surface area contributed by atoms with Crippen LogP contribution in [0, 0.1) is 0 Å². The Morgan fingerprint density at radius 3 is 2.35 bits per heavy atom. The molecule has 0 aliphatic heterocycles. The van der Waals surface area contributed by atoms with E-state index >= 15 is 0 Å². The lowest BCUT2D eigenvalue weighted by atomic mass is 9.93. The van der Waals surface area contributed by atoms with E-state index < -0.39 is 23.6 Å². The molecule has 1 saturated carbocycles. The van der Waals surface area contributed by atoms with Crippen molar-refractivity contribution in [1.82, 2.24) is 16.0 Å². The molecular formula is C13H23N3O4. The molecule has 0 saturated heterocycles. The van der Waals surface area contributed by atoms with E-state index in [9.17, 15) is 14.4 Å². The minimum absolute atomic E-state index is 0.0873. The average molecular weight is 285 g/mol.